The number of carbonyl (C=O) groups excluding carboxylic acids is 1. The number of aromatic nitrogens is 2. The Morgan fingerprint density at radius 1 is 1.43 bits per heavy atom. The summed E-state index contributed by atoms with van der Waals surface area (Å²) >= 11 is 0. The molecule has 1 saturated carbocycles. The topological polar surface area (TPSA) is 57.8 Å². The Kier molecular flexibility index (Phi) is 3.47. The molecule has 2 atom stereocenters. The SMILES string of the molecule is CC1CCCC(C)(C)C1C(=O)Nc1ccc2cn[nH]c2c1. The van der Waals surface area contributed by atoms with E-state index >= 15 is 0 Å². The van der Waals surface area contributed by atoms with Crippen LogP contribution in [0.4, 0.5) is 5.69 Å². The van der Waals surface area contributed by atoms with Crippen molar-refractivity contribution in [3.63, 3.8) is 0 Å². The van der Waals surface area contributed by atoms with Gasteiger partial charge in [0.25, 0.3) is 0 Å². The number of H-pyrrole nitrogens is 1. The molecular weight excluding hydrogens is 262 g/mol. The van der Waals surface area contributed by atoms with Gasteiger partial charge >= 0.3 is 0 Å². The van der Waals surface area contributed by atoms with E-state index in [2.05, 4.69) is 36.3 Å². The second-order valence-electron chi connectivity index (χ2n) is 7.00. The molecule has 1 aromatic carbocycles. The lowest BCUT2D eigenvalue weighted by Gasteiger charge is -2.41. The van der Waals surface area contributed by atoms with Crippen LogP contribution in [0.2, 0.25) is 0 Å². The minimum absolute atomic E-state index is 0.0693. The van der Waals surface area contributed by atoms with Gasteiger partial charge in [-0.1, -0.05) is 27.2 Å². The van der Waals surface area contributed by atoms with Crippen LogP contribution in [-0.4, -0.2) is 16.1 Å². The second kappa shape index (κ2) is 5.17. The summed E-state index contributed by atoms with van der Waals surface area (Å²) in [6.07, 6.45) is 5.27. The molecule has 1 heterocycles. The Labute approximate surface area is 125 Å². The van der Waals surface area contributed by atoms with Crippen LogP contribution in [0, 0.1) is 17.3 Å². The summed E-state index contributed by atoms with van der Waals surface area (Å²) in [5.74, 6) is 0.652. The fourth-order valence-electron chi connectivity index (χ4n) is 3.82. The van der Waals surface area contributed by atoms with E-state index in [1.54, 1.807) is 6.20 Å². The summed E-state index contributed by atoms with van der Waals surface area (Å²) < 4.78 is 0. The molecule has 4 heteroatoms. The highest BCUT2D eigenvalue weighted by molar-refractivity contribution is 5.95. The summed E-state index contributed by atoms with van der Waals surface area (Å²) in [5, 5.41) is 11.1. The smallest absolute Gasteiger partial charge is 0.228 e. The van der Waals surface area contributed by atoms with E-state index in [-0.39, 0.29) is 17.2 Å². The van der Waals surface area contributed by atoms with Crippen molar-refractivity contribution >= 4 is 22.5 Å². The van der Waals surface area contributed by atoms with Crippen LogP contribution in [0.25, 0.3) is 10.9 Å². The van der Waals surface area contributed by atoms with Crippen LogP contribution in [0.5, 0.6) is 0 Å². The quantitative estimate of drug-likeness (QED) is 0.877. The number of carbonyl (C=O) groups is 1. The average Bonchev–Trinajstić information content (AvgIpc) is 2.84. The van der Waals surface area contributed by atoms with Gasteiger partial charge in [0.2, 0.25) is 5.91 Å². The number of hydrogen-bond donors (Lipinski definition) is 2. The van der Waals surface area contributed by atoms with Crippen molar-refractivity contribution in [3.05, 3.63) is 24.4 Å². The van der Waals surface area contributed by atoms with Crippen LogP contribution in [0.3, 0.4) is 0 Å². The Bertz CT molecular complexity index is 659. The Morgan fingerprint density at radius 3 is 3.00 bits per heavy atom. The van der Waals surface area contributed by atoms with Gasteiger partial charge in [-0.05, 0) is 42.4 Å². The van der Waals surface area contributed by atoms with Crippen molar-refractivity contribution in [2.75, 3.05) is 5.32 Å². The zero-order chi connectivity index (χ0) is 15.0. The van der Waals surface area contributed by atoms with E-state index in [4.69, 9.17) is 0 Å². The van der Waals surface area contributed by atoms with Crippen molar-refractivity contribution < 1.29 is 4.79 Å². The Hall–Kier alpha value is -1.84. The fourth-order valence-corrected chi connectivity index (χ4v) is 3.82. The number of nitrogens with one attached hydrogen (secondary N) is 2. The van der Waals surface area contributed by atoms with Gasteiger partial charge in [-0.25, -0.2) is 0 Å². The highest BCUT2D eigenvalue weighted by atomic mass is 16.1. The molecule has 0 aliphatic heterocycles. The first-order valence-corrected chi connectivity index (χ1v) is 7.71. The highest BCUT2D eigenvalue weighted by Gasteiger charge is 2.41. The number of benzene rings is 1. The number of nitrogens with zero attached hydrogens (tertiary/aromatic N) is 1. The number of anilines is 1. The van der Waals surface area contributed by atoms with Gasteiger partial charge in [-0.15, -0.1) is 0 Å². The lowest BCUT2D eigenvalue weighted by molar-refractivity contribution is -0.127. The molecule has 0 bridgehead atoms. The molecule has 0 saturated heterocycles. The molecule has 3 rings (SSSR count). The normalized spacial score (nSPS) is 24.9. The van der Waals surface area contributed by atoms with Crippen LogP contribution in [-0.2, 0) is 4.79 Å². The molecule has 112 valence electrons. The molecule has 2 N–H and O–H groups in total. The van der Waals surface area contributed by atoms with Crippen LogP contribution >= 0.6 is 0 Å². The lowest BCUT2D eigenvalue weighted by Crippen LogP contribution is -2.42. The van der Waals surface area contributed by atoms with Gasteiger partial charge in [0.15, 0.2) is 0 Å². The fraction of sp³-hybridized carbons (Fsp3) is 0.529. The molecule has 1 amide bonds. The lowest BCUT2D eigenvalue weighted by atomic mass is 9.64. The predicted molar refractivity (Wildman–Crippen MR) is 85.0 cm³/mol. The molecular formula is C17H23N3O. The maximum atomic E-state index is 12.7. The van der Waals surface area contributed by atoms with Gasteiger partial charge in [-0.2, -0.15) is 5.10 Å². The van der Waals surface area contributed by atoms with Crippen LogP contribution < -0.4 is 5.32 Å². The summed E-state index contributed by atoms with van der Waals surface area (Å²) in [6, 6.07) is 5.86. The van der Waals surface area contributed by atoms with Crippen molar-refractivity contribution in [3.8, 4) is 0 Å². The first kappa shape index (κ1) is 14.1. The summed E-state index contributed by atoms with van der Waals surface area (Å²) in [5.41, 5.74) is 1.86. The third kappa shape index (κ3) is 2.67. The van der Waals surface area contributed by atoms with E-state index in [1.807, 2.05) is 18.2 Å². The second-order valence-corrected chi connectivity index (χ2v) is 7.00. The first-order chi connectivity index (χ1) is 9.97. The zero-order valence-electron chi connectivity index (χ0n) is 12.9. The largest absolute Gasteiger partial charge is 0.326 e. The van der Waals surface area contributed by atoms with Gasteiger partial charge in [0, 0.05) is 17.0 Å². The van der Waals surface area contributed by atoms with Crippen molar-refractivity contribution in [2.45, 2.75) is 40.0 Å². The number of amides is 1. The Balaban J connectivity index is 1.81. The summed E-state index contributed by atoms with van der Waals surface area (Å²) in [4.78, 5) is 12.7. The van der Waals surface area contributed by atoms with E-state index in [0.717, 1.165) is 29.4 Å². The third-order valence-corrected chi connectivity index (χ3v) is 4.88. The monoisotopic (exact) mass is 285 g/mol. The van der Waals surface area contributed by atoms with Crippen LogP contribution in [0.1, 0.15) is 40.0 Å². The van der Waals surface area contributed by atoms with E-state index in [0.29, 0.717) is 5.92 Å². The molecule has 2 unspecified atom stereocenters. The number of rotatable bonds is 2. The maximum Gasteiger partial charge on any atom is 0.228 e. The zero-order valence-corrected chi connectivity index (χ0v) is 12.9. The van der Waals surface area contributed by atoms with E-state index < -0.39 is 0 Å². The maximum absolute atomic E-state index is 12.7. The first-order valence-electron chi connectivity index (χ1n) is 7.71. The number of fused-ring (bicyclic) bond motifs is 1. The van der Waals surface area contributed by atoms with Gasteiger partial charge < -0.3 is 5.32 Å². The van der Waals surface area contributed by atoms with E-state index in [1.165, 1.54) is 6.42 Å². The summed E-state index contributed by atoms with van der Waals surface area (Å²) in [6.45, 7) is 6.62. The standard InChI is InChI=1S/C17H23N3O/c1-11-5-4-8-17(2,3)15(11)16(21)19-13-7-6-12-10-18-20-14(12)9-13/h6-7,9-11,15H,4-5,8H2,1-3H3,(H,18,20)(H,19,21). The molecule has 21 heavy (non-hydrogen) atoms. The minimum atomic E-state index is 0.0693. The van der Waals surface area contributed by atoms with E-state index in [9.17, 15) is 4.79 Å². The van der Waals surface area contributed by atoms with Crippen molar-refractivity contribution in [2.24, 2.45) is 17.3 Å². The highest BCUT2D eigenvalue weighted by Crippen LogP contribution is 2.44. The van der Waals surface area contributed by atoms with Crippen molar-refractivity contribution in [1.82, 2.24) is 10.2 Å². The predicted octanol–water partition coefficient (Wildman–Crippen LogP) is 3.96. The van der Waals surface area contributed by atoms with Crippen molar-refractivity contribution in [1.29, 1.82) is 0 Å². The Morgan fingerprint density at radius 2 is 2.24 bits per heavy atom. The molecule has 1 aliphatic rings. The molecule has 4 nitrogen and oxygen atoms in total. The third-order valence-electron chi connectivity index (χ3n) is 4.88. The minimum Gasteiger partial charge on any atom is -0.326 e. The molecule has 2 aromatic rings. The van der Waals surface area contributed by atoms with Gasteiger partial charge in [-0.3, -0.25) is 9.89 Å². The van der Waals surface area contributed by atoms with Crippen LogP contribution in [0.15, 0.2) is 24.4 Å². The number of aromatic amines is 1. The average molecular weight is 285 g/mol. The molecule has 0 spiro atoms. The molecule has 1 aliphatic carbocycles. The van der Waals surface area contributed by atoms with Gasteiger partial charge in [0.1, 0.15) is 0 Å². The molecule has 1 fully saturated rings. The van der Waals surface area contributed by atoms with Gasteiger partial charge in [0.05, 0.1) is 11.7 Å². The number of hydrogen-bond acceptors (Lipinski definition) is 2. The molecule has 1 aromatic heterocycles. The summed E-state index contributed by atoms with van der Waals surface area (Å²) in [7, 11) is 0. The molecule has 0 radical (unpaired) electrons.